The van der Waals surface area contributed by atoms with E-state index in [1.54, 1.807) is 30.3 Å². The van der Waals surface area contributed by atoms with Crippen molar-refractivity contribution in [2.75, 3.05) is 12.0 Å². The first-order valence-corrected chi connectivity index (χ1v) is 13.0. The zero-order valence-electron chi connectivity index (χ0n) is 24.8. The molecule has 0 aliphatic heterocycles. The number of nitrogens with zero attached hydrogens (tertiary/aromatic N) is 3. The van der Waals surface area contributed by atoms with Crippen molar-refractivity contribution in [3.63, 3.8) is 0 Å². The molecular weight excluding hydrogens is 584 g/mol. The second-order valence-corrected chi connectivity index (χ2v) is 9.09. The van der Waals surface area contributed by atoms with Crippen molar-refractivity contribution >= 4 is 47.9 Å². The standard InChI is InChI=1S/C28H32N4O12/c1-15(33)32-25(39)12-22(21-10-8-7-9-11-21)30-28(32)31-29-13-23(41-17(3)35)26(43-19(5)37)27(44-20(6)38)24(42-18(4)36)14-40-16(2)34/h7-13,23-24,26-27H,14H2,1-6H3,(H,30,31)/b29-13+/t23-,24+,26+,27+/m0/s1. The van der Waals surface area contributed by atoms with Crippen LogP contribution in [0.3, 0.4) is 0 Å². The molecular formula is C28H32N4O12. The molecule has 0 radical (unpaired) electrons. The fraction of sp³-hybridized carbons (Fsp3) is 0.393. The maximum absolute atomic E-state index is 12.8. The molecule has 1 aromatic carbocycles. The molecule has 0 saturated carbocycles. The van der Waals surface area contributed by atoms with Crippen LogP contribution in [0.5, 0.6) is 0 Å². The second kappa shape index (κ2) is 16.3. The van der Waals surface area contributed by atoms with E-state index in [9.17, 15) is 33.6 Å². The second-order valence-electron chi connectivity index (χ2n) is 9.09. The molecule has 1 aromatic heterocycles. The highest BCUT2D eigenvalue weighted by atomic mass is 16.6. The molecule has 0 aliphatic rings. The molecule has 0 aliphatic carbocycles. The lowest BCUT2D eigenvalue weighted by Crippen LogP contribution is -2.53. The molecule has 236 valence electrons. The molecule has 0 spiro atoms. The Labute approximate surface area is 251 Å². The summed E-state index contributed by atoms with van der Waals surface area (Å²) in [6.07, 6.45) is -5.67. The van der Waals surface area contributed by atoms with Crippen LogP contribution in [-0.2, 0) is 47.7 Å². The van der Waals surface area contributed by atoms with Gasteiger partial charge in [0.05, 0.1) is 11.9 Å². The van der Waals surface area contributed by atoms with Crippen LogP contribution in [0.15, 0.2) is 46.3 Å². The topological polar surface area (TPSA) is 208 Å². The van der Waals surface area contributed by atoms with Gasteiger partial charge in [-0.25, -0.2) is 15.0 Å². The third kappa shape index (κ3) is 10.8. The van der Waals surface area contributed by atoms with E-state index in [1.165, 1.54) is 0 Å². The summed E-state index contributed by atoms with van der Waals surface area (Å²) in [6.45, 7) is 5.66. The van der Waals surface area contributed by atoms with Gasteiger partial charge in [-0.3, -0.25) is 33.6 Å². The number of nitrogens with one attached hydrogen (secondary N) is 1. The van der Waals surface area contributed by atoms with Gasteiger partial charge in [-0.2, -0.15) is 5.10 Å². The predicted molar refractivity (Wildman–Crippen MR) is 151 cm³/mol. The normalized spacial score (nSPS) is 13.5. The average molecular weight is 617 g/mol. The number of carbonyl (C=O) groups is 6. The number of anilines is 1. The summed E-state index contributed by atoms with van der Waals surface area (Å²) in [5, 5.41) is 3.95. The summed E-state index contributed by atoms with van der Waals surface area (Å²) in [4.78, 5) is 88.9. The van der Waals surface area contributed by atoms with Crippen molar-refractivity contribution in [1.29, 1.82) is 0 Å². The Hall–Kier alpha value is -5.41. The maximum Gasteiger partial charge on any atom is 0.303 e. The van der Waals surface area contributed by atoms with Gasteiger partial charge in [0, 0.05) is 53.2 Å². The van der Waals surface area contributed by atoms with Crippen molar-refractivity contribution < 1.29 is 52.5 Å². The average Bonchev–Trinajstić information content (AvgIpc) is 2.91. The van der Waals surface area contributed by atoms with E-state index in [0.29, 0.717) is 10.1 Å². The molecule has 0 fully saturated rings. The Balaban J connectivity index is 2.61. The summed E-state index contributed by atoms with van der Waals surface area (Å²) in [5.74, 6) is -5.38. The lowest BCUT2D eigenvalue weighted by Gasteiger charge is -2.34. The number of hydrogen-bond acceptors (Lipinski definition) is 15. The quantitative estimate of drug-likeness (QED) is 0.145. The van der Waals surface area contributed by atoms with Crippen molar-refractivity contribution in [2.24, 2.45) is 5.10 Å². The Bertz CT molecular complexity index is 1470. The molecule has 2 aromatic rings. The summed E-state index contributed by atoms with van der Waals surface area (Å²) >= 11 is 0. The number of ether oxygens (including phenoxy) is 5. The number of aromatic nitrogens is 2. The van der Waals surface area contributed by atoms with Gasteiger partial charge in [-0.15, -0.1) is 0 Å². The first kappa shape index (κ1) is 34.8. The highest BCUT2D eigenvalue weighted by Crippen LogP contribution is 2.20. The van der Waals surface area contributed by atoms with Gasteiger partial charge in [0.15, 0.2) is 24.4 Å². The molecule has 2 rings (SSSR count). The van der Waals surface area contributed by atoms with E-state index in [1.807, 2.05) is 0 Å². The summed E-state index contributed by atoms with van der Waals surface area (Å²) < 4.78 is 26.8. The molecule has 16 nitrogen and oxygen atoms in total. The van der Waals surface area contributed by atoms with Gasteiger partial charge in [0.2, 0.25) is 11.9 Å². The smallest absolute Gasteiger partial charge is 0.303 e. The fourth-order valence-electron chi connectivity index (χ4n) is 3.83. The van der Waals surface area contributed by atoms with Crippen LogP contribution in [0.4, 0.5) is 5.95 Å². The van der Waals surface area contributed by atoms with Crippen LogP contribution in [-0.4, -0.2) is 82.5 Å². The van der Waals surface area contributed by atoms with Gasteiger partial charge in [0.1, 0.15) is 6.61 Å². The molecule has 16 heteroatoms. The van der Waals surface area contributed by atoms with E-state index in [0.717, 1.165) is 53.8 Å². The van der Waals surface area contributed by atoms with Crippen molar-refractivity contribution in [3.05, 3.63) is 46.8 Å². The van der Waals surface area contributed by atoms with E-state index < -0.39 is 72.3 Å². The van der Waals surface area contributed by atoms with Gasteiger partial charge in [-0.05, 0) is 0 Å². The van der Waals surface area contributed by atoms with Crippen LogP contribution in [0.2, 0.25) is 0 Å². The van der Waals surface area contributed by atoms with E-state index in [-0.39, 0.29) is 11.6 Å². The number of benzene rings is 1. The van der Waals surface area contributed by atoms with Crippen molar-refractivity contribution in [2.45, 2.75) is 66.0 Å². The number of rotatable bonds is 13. The van der Waals surface area contributed by atoms with Crippen LogP contribution in [0.1, 0.15) is 46.3 Å². The largest absolute Gasteiger partial charge is 0.462 e. The number of carbonyl (C=O) groups excluding carboxylic acids is 6. The minimum atomic E-state index is -1.72. The third-order valence-corrected chi connectivity index (χ3v) is 5.38. The summed E-state index contributed by atoms with van der Waals surface area (Å²) in [5.41, 5.74) is 2.50. The Morgan fingerprint density at radius 2 is 1.39 bits per heavy atom. The molecule has 1 heterocycles. The van der Waals surface area contributed by atoms with Crippen LogP contribution in [0, 0.1) is 0 Å². The number of hydrogen-bond donors (Lipinski definition) is 1. The molecule has 1 N–H and O–H groups in total. The first-order valence-electron chi connectivity index (χ1n) is 13.0. The van der Waals surface area contributed by atoms with Gasteiger partial charge in [-0.1, -0.05) is 30.3 Å². The lowest BCUT2D eigenvalue weighted by atomic mass is 10.0. The SMILES string of the molecule is CC(=O)OC[C@@H](OC(C)=O)[C@@H](OC(C)=O)[C@H](OC(C)=O)[C@H](/C=N/Nc1nc(-c2ccccc2)cc(=O)n1C(C)=O)OC(C)=O. The van der Waals surface area contributed by atoms with E-state index >= 15 is 0 Å². The maximum atomic E-state index is 12.8. The molecule has 0 saturated heterocycles. The number of hydrazone groups is 1. The third-order valence-electron chi connectivity index (χ3n) is 5.38. The van der Waals surface area contributed by atoms with Crippen molar-refractivity contribution in [1.82, 2.24) is 9.55 Å². The van der Waals surface area contributed by atoms with Crippen molar-refractivity contribution in [3.8, 4) is 11.3 Å². The zero-order valence-corrected chi connectivity index (χ0v) is 24.8. The highest BCUT2D eigenvalue weighted by molar-refractivity contribution is 5.80. The molecule has 0 unspecified atom stereocenters. The Morgan fingerprint density at radius 3 is 1.91 bits per heavy atom. The Morgan fingerprint density at radius 1 is 0.818 bits per heavy atom. The molecule has 4 atom stereocenters. The summed E-state index contributed by atoms with van der Waals surface area (Å²) in [7, 11) is 0. The highest BCUT2D eigenvalue weighted by Gasteiger charge is 2.43. The minimum Gasteiger partial charge on any atom is -0.462 e. The van der Waals surface area contributed by atoms with Gasteiger partial charge < -0.3 is 23.7 Å². The van der Waals surface area contributed by atoms with E-state index in [4.69, 9.17) is 23.7 Å². The molecule has 0 amide bonds. The monoisotopic (exact) mass is 616 g/mol. The van der Waals surface area contributed by atoms with Gasteiger partial charge >= 0.3 is 29.8 Å². The fourth-order valence-corrected chi connectivity index (χ4v) is 3.83. The van der Waals surface area contributed by atoms with Crippen LogP contribution < -0.4 is 11.0 Å². The molecule has 0 bridgehead atoms. The Kier molecular flexibility index (Phi) is 12.9. The predicted octanol–water partition coefficient (Wildman–Crippen LogP) is 1.26. The van der Waals surface area contributed by atoms with Crippen LogP contribution >= 0.6 is 0 Å². The van der Waals surface area contributed by atoms with E-state index in [2.05, 4.69) is 15.5 Å². The first-order chi connectivity index (χ1) is 20.7. The number of esters is 5. The van der Waals surface area contributed by atoms with Crippen LogP contribution in [0.25, 0.3) is 11.3 Å². The summed E-state index contributed by atoms with van der Waals surface area (Å²) in [6, 6.07) is 9.75. The minimum absolute atomic E-state index is 0.213. The van der Waals surface area contributed by atoms with Gasteiger partial charge in [0.25, 0.3) is 5.56 Å². The lowest BCUT2D eigenvalue weighted by molar-refractivity contribution is -0.197. The molecule has 44 heavy (non-hydrogen) atoms. The zero-order chi connectivity index (χ0) is 33.0.